The van der Waals surface area contributed by atoms with Gasteiger partial charge in [-0.25, -0.2) is 15.0 Å². The van der Waals surface area contributed by atoms with Gasteiger partial charge in [-0.1, -0.05) is 12.1 Å². The van der Waals surface area contributed by atoms with E-state index in [2.05, 4.69) is 44.1 Å². The van der Waals surface area contributed by atoms with E-state index in [0.717, 1.165) is 42.0 Å². The molecule has 1 saturated heterocycles. The lowest BCUT2D eigenvalue weighted by Crippen LogP contribution is -2.48. The first-order chi connectivity index (χ1) is 19.1. The number of nitrogens with two attached hydrogens (primary N) is 1. The van der Waals surface area contributed by atoms with Crippen molar-refractivity contribution in [3.05, 3.63) is 96.1 Å². The van der Waals surface area contributed by atoms with Crippen LogP contribution in [-0.4, -0.2) is 66.4 Å². The SMILES string of the molecule is N#Cc1cncc(C(=O)N2CCN(Cc3ccc(-n4c(-c5cccnc5N)nc5cccnc54)cc3)CC2)c1. The summed E-state index contributed by atoms with van der Waals surface area (Å²) in [5, 5.41) is 9.09. The average Bonchev–Trinajstić information content (AvgIpc) is 3.37. The number of aromatic nitrogens is 5. The molecule has 10 nitrogen and oxygen atoms in total. The van der Waals surface area contributed by atoms with E-state index in [9.17, 15) is 4.79 Å². The number of imidazole rings is 1. The van der Waals surface area contributed by atoms with Crippen LogP contribution in [0.15, 0.2) is 79.4 Å². The van der Waals surface area contributed by atoms with Crippen molar-refractivity contribution in [2.45, 2.75) is 6.54 Å². The van der Waals surface area contributed by atoms with Gasteiger partial charge in [-0.2, -0.15) is 5.26 Å². The molecule has 0 bridgehead atoms. The first-order valence-electron chi connectivity index (χ1n) is 12.6. The number of nitrogens with zero attached hydrogens (tertiary/aromatic N) is 8. The van der Waals surface area contributed by atoms with Gasteiger partial charge >= 0.3 is 0 Å². The fraction of sp³-hybridized carbons (Fsp3) is 0.172. The van der Waals surface area contributed by atoms with Crippen molar-refractivity contribution in [1.29, 1.82) is 5.26 Å². The second kappa shape index (κ2) is 10.3. The van der Waals surface area contributed by atoms with Gasteiger partial charge in [-0.05, 0) is 48.0 Å². The van der Waals surface area contributed by atoms with Crippen molar-refractivity contribution in [3.8, 4) is 23.1 Å². The molecule has 5 aromatic rings. The quantitative estimate of drug-likeness (QED) is 0.377. The number of carbonyl (C=O) groups is 1. The van der Waals surface area contributed by atoms with Crippen LogP contribution >= 0.6 is 0 Å². The summed E-state index contributed by atoms with van der Waals surface area (Å²) in [6.45, 7) is 3.55. The van der Waals surface area contributed by atoms with Crippen LogP contribution in [0.3, 0.4) is 0 Å². The van der Waals surface area contributed by atoms with E-state index in [1.54, 1.807) is 18.5 Å². The third-order valence-corrected chi connectivity index (χ3v) is 6.87. The molecule has 0 unspecified atom stereocenters. The summed E-state index contributed by atoms with van der Waals surface area (Å²) in [6, 6.07) is 19.5. The Balaban J connectivity index is 1.17. The molecule has 1 aliphatic heterocycles. The molecule has 1 aliphatic rings. The first-order valence-corrected chi connectivity index (χ1v) is 12.6. The smallest absolute Gasteiger partial charge is 0.255 e. The Morgan fingerprint density at radius 2 is 1.74 bits per heavy atom. The Morgan fingerprint density at radius 3 is 2.51 bits per heavy atom. The molecule has 10 heteroatoms. The predicted octanol–water partition coefficient (Wildman–Crippen LogP) is 3.29. The van der Waals surface area contributed by atoms with Crippen LogP contribution in [0.5, 0.6) is 0 Å². The number of nitrogen functional groups attached to an aromatic ring is 1. The fourth-order valence-corrected chi connectivity index (χ4v) is 4.86. The minimum atomic E-state index is -0.0881. The molecule has 39 heavy (non-hydrogen) atoms. The number of anilines is 1. The summed E-state index contributed by atoms with van der Waals surface area (Å²) in [6.07, 6.45) is 6.40. The van der Waals surface area contributed by atoms with Crippen molar-refractivity contribution in [3.63, 3.8) is 0 Å². The van der Waals surface area contributed by atoms with Crippen LogP contribution in [0.25, 0.3) is 28.2 Å². The lowest BCUT2D eigenvalue weighted by Gasteiger charge is -2.34. The van der Waals surface area contributed by atoms with Crippen LogP contribution in [0.4, 0.5) is 5.82 Å². The zero-order chi connectivity index (χ0) is 26.8. The second-order valence-corrected chi connectivity index (χ2v) is 9.36. The summed E-state index contributed by atoms with van der Waals surface area (Å²) in [5.41, 5.74) is 11.4. The predicted molar refractivity (Wildman–Crippen MR) is 147 cm³/mol. The van der Waals surface area contributed by atoms with E-state index < -0.39 is 0 Å². The van der Waals surface area contributed by atoms with Gasteiger partial charge in [-0.3, -0.25) is 19.2 Å². The molecule has 0 saturated carbocycles. The minimum absolute atomic E-state index is 0.0881. The van der Waals surface area contributed by atoms with Gasteiger partial charge in [0.05, 0.1) is 16.7 Å². The van der Waals surface area contributed by atoms with Crippen LogP contribution in [0.1, 0.15) is 21.5 Å². The third-order valence-electron chi connectivity index (χ3n) is 6.87. The number of rotatable bonds is 5. The highest BCUT2D eigenvalue weighted by atomic mass is 16.2. The van der Waals surface area contributed by atoms with Crippen LogP contribution < -0.4 is 5.73 Å². The number of pyridine rings is 3. The van der Waals surface area contributed by atoms with E-state index in [4.69, 9.17) is 16.0 Å². The van der Waals surface area contributed by atoms with E-state index in [-0.39, 0.29) is 5.91 Å². The Kier molecular flexibility index (Phi) is 6.40. The summed E-state index contributed by atoms with van der Waals surface area (Å²) in [4.78, 5) is 34.7. The number of amides is 1. The molecule has 0 atom stereocenters. The molecule has 6 rings (SSSR count). The van der Waals surface area contributed by atoms with E-state index >= 15 is 0 Å². The fourth-order valence-electron chi connectivity index (χ4n) is 4.86. The molecular weight excluding hydrogens is 490 g/mol. The summed E-state index contributed by atoms with van der Waals surface area (Å²) >= 11 is 0. The molecule has 192 valence electrons. The summed E-state index contributed by atoms with van der Waals surface area (Å²) in [7, 11) is 0. The zero-order valence-corrected chi connectivity index (χ0v) is 21.1. The highest BCUT2D eigenvalue weighted by molar-refractivity contribution is 5.94. The highest BCUT2D eigenvalue weighted by Crippen LogP contribution is 2.30. The third kappa shape index (κ3) is 4.79. The van der Waals surface area contributed by atoms with Crippen molar-refractivity contribution in [1.82, 2.24) is 34.3 Å². The van der Waals surface area contributed by atoms with E-state index in [1.807, 2.05) is 39.8 Å². The Hall–Kier alpha value is -5.14. The number of nitriles is 1. The van der Waals surface area contributed by atoms with Gasteiger partial charge in [0.2, 0.25) is 0 Å². The number of hydrogen-bond acceptors (Lipinski definition) is 8. The molecular formula is C29H25N9O. The van der Waals surface area contributed by atoms with Gasteiger partial charge in [0.1, 0.15) is 17.4 Å². The second-order valence-electron chi connectivity index (χ2n) is 9.36. The maximum absolute atomic E-state index is 12.9. The van der Waals surface area contributed by atoms with Gasteiger partial charge in [0.15, 0.2) is 11.5 Å². The van der Waals surface area contributed by atoms with Crippen LogP contribution in [0, 0.1) is 11.3 Å². The van der Waals surface area contributed by atoms with Crippen molar-refractivity contribution in [2.75, 3.05) is 31.9 Å². The van der Waals surface area contributed by atoms with Crippen LogP contribution in [0.2, 0.25) is 0 Å². The largest absolute Gasteiger partial charge is 0.383 e. The normalized spacial score (nSPS) is 13.9. The Bertz CT molecular complexity index is 1700. The van der Waals surface area contributed by atoms with Gasteiger partial charge in [0, 0.05) is 63.2 Å². The molecule has 0 radical (unpaired) electrons. The zero-order valence-electron chi connectivity index (χ0n) is 21.1. The van der Waals surface area contributed by atoms with E-state index in [1.165, 1.54) is 18.0 Å². The lowest BCUT2D eigenvalue weighted by atomic mass is 10.1. The molecule has 1 aromatic carbocycles. The van der Waals surface area contributed by atoms with Crippen molar-refractivity contribution in [2.24, 2.45) is 0 Å². The number of hydrogen-bond donors (Lipinski definition) is 1. The molecule has 4 aromatic heterocycles. The number of carbonyl (C=O) groups excluding carboxylic acids is 1. The molecule has 1 amide bonds. The van der Waals surface area contributed by atoms with Crippen molar-refractivity contribution >= 4 is 22.9 Å². The van der Waals surface area contributed by atoms with Gasteiger partial charge in [0.25, 0.3) is 5.91 Å². The molecule has 5 heterocycles. The Labute approximate surface area is 225 Å². The maximum atomic E-state index is 12.9. The van der Waals surface area contributed by atoms with E-state index in [0.29, 0.717) is 35.9 Å². The standard InChI is InChI=1S/C29H25N9O/c30-16-21-15-22(18-32-17-21)29(39)37-13-11-36(12-14-37)19-20-5-7-23(8-6-20)38-27(24-3-1-9-33-26(24)31)35-25-4-2-10-34-28(25)38/h1-10,15,17-18H,11-14,19H2,(H2,31,33). The average molecular weight is 516 g/mol. The molecule has 2 N–H and O–H groups in total. The number of piperazine rings is 1. The van der Waals surface area contributed by atoms with Crippen LogP contribution in [-0.2, 0) is 6.54 Å². The highest BCUT2D eigenvalue weighted by Gasteiger charge is 2.23. The molecule has 0 spiro atoms. The summed E-state index contributed by atoms with van der Waals surface area (Å²) < 4.78 is 2.01. The summed E-state index contributed by atoms with van der Waals surface area (Å²) in [5.74, 6) is 1.02. The molecule has 0 aliphatic carbocycles. The minimum Gasteiger partial charge on any atom is -0.383 e. The lowest BCUT2D eigenvalue weighted by molar-refractivity contribution is 0.0628. The molecule has 1 fully saturated rings. The van der Waals surface area contributed by atoms with Gasteiger partial charge in [-0.15, -0.1) is 0 Å². The monoisotopic (exact) mass is 515 g/mol. The van der Waals surface area contributed by atoms with Crippen molar-refractivity contribution < 1.29 is 4.79 Å². The Morgan fingerprint density at radius 1 is 0.974 bits per heavy atom. The number of benzene rings is 1. The van der Waals surface area contributed by atoms with Gasteiger partial charge < -0.3 is 10.6 Å². The topological polar surface area (TPSA) is 130 Å². The number of fused-ring (bicyclic) bond motifs is 1. The maximum Gasteiger partial charge on any atom is 0.255 e. The first kappa shape index (κ1) is 24.2.